The first kappa shape index (κ1) is 20.6. The van der Waals surface area contributed by atoms with E-state index < -0.39 is 5.41 Å². The topological polar surface area (TPSA) is 37.3 Å². The highest BCUT2D eigenvalue weighted by molar-refractivity contribution is 7.96. The first-order valence-corrected chi connectivity index (χ1v) is 8.60. The molecule has 1 N–H and O–H groups in total. The largest absolute Gasteiger partial charge is 0.507 e. The molecule has 0 aromatic heterocycles. The van der Waals surface area contributed by atoms with E-state index in [1.165, 1.54) is 0 Å². The zero-order valence-corrected chi connectivity index (χ0v) is 16.6. The number of carbonyl (C=O) groups excluding carboxylic acids is 1. The van der Waals surface area contributed by atoms with Crippen LogP contribution in [-0.4, -0.2) is 10.2 Å². The Morgan fingerprint density at radius 3 is 1.67 bits per heavy atom. The van der Waals surface area contributed by atoms with Crippen molar-refractivity contribution in [3.63, 3.8) is 0 Å². The number of allylic oxidation sites excluding steroid dienone is 2. The van der Waals surface area contributed by atoms with Crippen LogP contribution in [-0.2, 0) is 21.0 Å². The number of hydrogen-bond acceptors (Lipinski definition) is 2. The minimum atomic E-state index is -0.702. The van der Waals surface area contributed by atoms with Gasteiger partial charge in [-0.1, -0.05) is 65.8 Å². The molecule has 2 nitrogen and oxygen atoms in total. The van der Waals surface area contributed by atoms with E-state index in [-0.39, 0.29) is 22.4 Å². The number of carbonyl (C=O) groups is 1. The molecule has 24 heavy (non-hydrogen) atoms. The Balaban J connectivity index is 3.85. The van der Waals surface area contributed by atoms with Crippen LogP contribution in [0.1, 0.15) is 64.7 Å². The Morgan fingerprint density at radius 1 is 1.04 bits per heavy atom. The predicted octanol–water partition coefficient (Wildman–Crippen LogP) is 5.44. The Labute approximate surface area is 152 Å². The summed E-state index contributed by atoms with van der Waals surface area (Å²) in [5, 5.41) is 10.6. The van der Waals surface area contributed by atoms with Crippen LogP contribution in [0.3, 0.4) is 0 Å². The summed E-state index contributed by atoms with van der Waals surface area (Å²) in [6.45, 7) is 20.2. The van der Waals surface area contributed by atoms with Crippen LogP contribution in [0.5, 0.6) is 5.75 Å². The number of thiol groups is 1. The summed E-state index contributed by atoms with van der Waals surface area (Å²) < 4.78 is 0. The Kier molecular flexibility index (Phi) is 5.82. The van der Waals surface area contributed by atoms with Gasteiger partial charge in [0.25, 0.3) is 0 Å². The quantitative estimate of drug-likeness (QED) is 0.550. The molecule has 0 saturated carbocycles. The van der Waals surface area contributed by atoms with Gasteiger partial charge in [0.05, 0.1) is 0 Å². The second-order valence-electron chi connectivity index (χ2n) is 8.44. The van der Waals surface area contributed by atoms with Crippen molar-refractivity contribution in [2.45, 2.75) is 64.2 Å². The molecule has 0 spiro atoms. The summed E-state index contributed by atoms with van der Waals surface area (Å²) in [6.07, 6.45) is 3.65. The maximum atomic E-state index is 11.7. The van der Waals surface area contributed by atoms with Crippen molar-refractivity contribution in [1.29, 1.82) is 0 Å². The molecule has 0 aliphatic rings. The number of rotatable bonds is 5. The van der Waals surface area contributed by atoms with Crippen LogP contribution in [0.4, 0.5) is 0 Å². The van der Waals surface area contributed by atoms with Gasteiger partial charge in [0, 0.05) is 11.8 Å². The molecule has 1 rings (SSSR count). The molecule has 1 aromatic carbocycles. The number of aromatic hydroxyl groups is 1. The highest BCUT2D eigenvalue weighted by atomic mass is 32.1. The lowest BCUT2D eigenvalue weighted by Crippen LogP contribution is -2.26. The first-order chi connectivity index (χ1) is 10.8. The van der Waals surface area contributed by atoms with Gasteiger partial charge in [-0.3, -0.25) is 4.79 Å². The number of phenols is 1. The van der Waals surface area contributed by atoms with Gasteiger partial charge in [0.1, 0.15) is 5.75 Å². The van der Waals surface area contributed by atoms with Crippen LogP contribution in [0, 0.1) is 0 Å². The Morgan fingerprint density at radius 2 is 1.42 bits per heavy atom. The fourth-order valence-corrected chi connectivity index (χ4v) is 3.12. The third-order valence-electron chi connectivity index (χ3n) is 4.44. The molecule has 0 heterocycles. The summed E-state index contributed by atoms with van der Waals surface area (Å²) in [6, 6.07) is 3.93. The van der Waals surface area contributed by atoms with Crippen molar-refractivity contribution in [1.82, 2.24) is 0 Å². The van der Waals surface area contributed by atoms with Gasteiger partial charge in [0.2, 0.25) is 0 Å². The van der Waals surface area contributed by atoms with Crippen LogP contribution >= 0.6 is 12.6 Å². The van der Waals surface area contributed by atoms with E-state index in [1.807, 2.05) is 12.1 Å². The van der Waals surface area contributed by atoms with E-state index in [4.69, 9.17) is 0 Å². The van der Waals surface area contributed by atoms with E-state index in [1.54, 1.807) is 12.2 Å². The maximum absolute atomic E-state index is 11.7. The molecule has 0 amide bonds. The molecule has 0 atom stereocenters. The molecule has 3 heteroatoms. The van der Waals surface area contributed by atoms with Crippen molar-refractivity contribution in [3.8, 4) is 5.75 Å². The molecule has 0 unspecified atom stereocenters. The molecule has 132 valence electrons. The van der Waals surface area contributed by atoms with E-state index in [0.717, 1.165) is 16.7 Å². The van der Waals surface area contributed by atoms with Crippen LogP contribution in [0.2, 0.25) is 0 Å². The van der Waals surface area contributed by atoms with Crippen LogP contribution in [0.15, 0.2) is 37.4 Å². The fourth-order valence-electron chi connectivity index (χ4n) is 2.86. The van der Waals surface area contributed by atoms with Gasteiger partial charge in [0.15, 0.2) is 5.12 Å². The molecular formula is C21H30O2S. The minimum Gasteiger partial charge on any atom is -0.507 e. The van der Waals surface area contributed by atoms with Crippen LogP contribution < -0.4 is 0 Å². The molecule has 0 bridgehead atoms. The SMILES string of the molecule is C=CC(C=C)(CC(=O)S)c1cc(C(C)(C)C)c(O)c(C(C)(C)C)c1. The highest BCUT2D eigenvalue weighted by Crippen LogP contribution is 2.43. The highest BCUT2D eigenvalue weighted by Gasteiger charge is 2.33. The van der Waals surface area contributed by atoms with Crippen molar-refractivity contribution in [3.05, 3.63) is 54.1 Å². The molecular weight excluding hydrogens is 316 g/mol. The normalized spacial score (nSPS) is 12.8. The number of hydrogen-bond donors (Lipinski definition) is 2. The first-order valence-electron chi connectivity index (χ1n) is 8.16. The fraction of sp³-hybridized carbons (Fsp3) is 0.476. The second-order valence-corrected chi connectivity index (χ2v) is 8.94. The van der Waals surface area contributed by atoms with E-state index >= 15 is 0 Å². The predicted molar refractivity (Wildman–Crippen MR) is 106 cm³/mol. The van der Waals surface area contributed by atoms with E-state index in [9.17, 15) is 9.90 Å². The van der Waals surface area contributed by atoms with Crippen molar-refractivity contribution in [2.24, 2.45) is 0 Å². The van der Waals surface area contributed by atoms with E-state index in [2.05, 4.69) is 67.3 Å². The van der Waals surface area contributed by atoms with E-state index in [0.29, 0.717) is 5.75 Å². The third-order valence-corrected chi connectivity index (χ3v) is 4.59. The van der Waals surface area contributed by atoms with Gasteiger partial charge < -0.3 is 5.11 Å². The average molecular weight is 347 g/mol. The summed E-state index contributed by atoms with van der Waals surface area (Å²) in [5.41, 5.74) is 1.43. The van der Waals surface area contributed by atoms with Gasteiger partial charge in [-0.2, -0.15) is 0 Å². The standard InChI is InChI=1S/C21H30O2S/c1-9-21(10-2,13-17(22)24)14-11-15(19(3,4)5)18(23)16(12-14)20(6,7)8/h9-12,23H,1-2,13H2,3-8H3,(H,22,24). The molecule has 0 fully saturated rings. The lowest BCUT2D eigenvalue weighted by atomic mass is 9.72. The van der Waals surface area contributed by atoms with Crippen molar-refractivity contribution >= 4 is 17.7 Å². The average Bonchev–Trinajstić information content (AvgIpc) is 2.42. The summed E-state index contributed by atoms with van der Waals surface area (Å²) >= 11 is 3.95. The van der Waals surface area contributed by atoms with Gasteiger partial charge in [-0.05, 0) is 27.5 Å². The second kappa shape index (κ2) is 6.79. The number of benzene rings is 1. The minimum absolute atomic E-state index is 0.182. The van der Waals surface area contributed by atoms with Crippen molar-refractivity contribution in [2.75, 3.05) is 0 Å². The summed E-state index contributed by atoms with van der Waals surface area (Å²) in [5.74, 6) is 0.318. The zero-order chi connectivity index (χ0) is 18.9. The lowest BCUT2D eigenvalue weighted by molar-refractivity contribution is -0.111. The third kappa shape index (κ3) is 4.13. The molecule has 1 aromatic rings. The molecule has 0 aliphatic heterocycles. The maximum Gasteiger partial charge on any atom is 0.187 e. The summed E-state index contributed by atoms with van der Waals surface area (Å²) in [4.78, 5) is 11.7. The number of phenolic OH excluding ortho intramolecular Hbond substituents is 1. The molecule has 0 radical (unpaired) electrons. The Bertz CT molecular complexity index is 614. The molecule has 0 saturated heterocycles. The Hall–Kier alpha value is -1.48. The van der Waals surface area contributed by atoms with Gasteiger partial charge in [-0.25, -0.2) is 0 Å². The molecule has 0 aliphatic carbocycles. The van der Waals surface area contributed by atoms with Gasteiger partial charge >= 0.3 is 0 Å². The summed E-state index contributed by atoms with van der Waals surface area (Å²) in [7, 11) is 0. The lowest BCUT2D eigenvalue weighted by Gasteiger charge is -2.33. The zero-order valence-electron chi connectivity index (χ0n) is 15.7. The smallest absolute Gasteiger partial charge is 0.187 e. The van der Waals surface area contributed by atoms with Crippen LogP contribution in [0.25, 0.3) is 0 Å². The monoisotopic (exact) mass is 346 g/mol. The van der Waals surface area contributed by atoms with Gasteiger partial charge in [-0.15, -0.1) is 25.8 Å². The van der Waals surface area contributed by atoms with Crippen molar-refractivity contribution < 1.29 is 9.90 Å².